The summed E-state index contributed by atoms with van der Waals surface area (Å²) in [5.74, 6) is 0.985. The molecule has 0 atom stereocenters. The highest BCUT2D eigenvalue weighted by molar-refractivity contribution is 5.97. The van der Waals surface area contributed by atoms with Crippen LogP contribution in [0.1, 0.15) is 11.3 Å². The predicted octanol–water partition coefficient (Wildman–Crippen LogP) is 1.86. The Morgan fingerprint density at radius 1 is 1.29 bits per heavy atom. The molecule has 0 aromatic carbocycles. The van der Waals surface area contributed by atoms with Gasteiger partial charge in [-0.15, -0.1) is 0 Å². The molecule has 0 radical (unpaired) electrons. The van der Waals surface area contributed by atoms with Crippen LogP contribution in [0.15, 0.2) is 36.8 Å². The second-order valence-corrected chi connectivity index (χ2v) is 3.52. The van der Waals surface area contributed by atoms with Gasteiger partial charge in [-0.2, -0.15) is 0 Å². The Morgan fingerprint density at radius 3 is 2.76 bits per heavy atom. The third-order valence-electron chi connectivity index (χ3n) is 2.19. The van der Waals surface area contributed by atoms with Crippen LogP contribution < -0.4 is 10.5 Å². The van der Waals surface area contributed by atoms with Crippen molar-refractivity contribution in [2.75, 3.05) is 0 Å². The van der Waals surface area contributed by atoms with E-state index < -0.39 is 0 Å². The highest BCUT2D eigenvalue weighted by atomic mass is 16.5. The maximum atomic E-state index is 7.43. The molecule has 0 bridgehead atoms. The Balaban J connectivity index is 2.30. The van der Waals surface area contributed by atoms with Gasteiger partial charge in [0.15, 0.2) is 5.75 Å². The van der Waals surface area contributed by atoms with Crippen LogP contribution in [0.3, 0.4) is 0 Å². The maximum absolute atomic E-state index is 7.43. The highest BCUT2D eigenvalue weighted by Gasteiger charge is 2.07. The summed E-state index contributed by atoms with van der Waals surface area (Å²) in [7, 11) is 0. The maximum Gasteiger partial charge on any atom is 0.156 e. The van der Waals surface area contributed by atoms with Gasteiger partial charge in [0, 0.05) is 11.9 Å². The Morgan fingerprint density at radius 2 is 2.12 bits per heavy atom. The lowest BCUT2D eigenvalue weighted by Gasteiger charge is -2.08. The van der Waals surface area contributed by atoms with Gasteiger partial charge in [-0.05, 0) is 25.1 Å². The van der Waals surface area contributed by atoms with Crippen LogP contribution in [0.4, 0.5) is 0 Å². The minimum Gasteiger partial charge on any atom is -0.453 e. The standard InChI is InChI=1S/C12H12N4O/c1-8-2-3-9(6-16-8)17-11-7-15-5-4-10(11)12(13)14/h2-7H,1H3,(H3,13,14). The van der Waals surface area contributed by atoms with E-state index in [1.165, 1.54) is 6.20 Å². The van der Waals surface area contributed by atoms with E-state index in [4.69, 9.17) is 15.9 Å². The fraction of sp³-hybridized carbons (Fsp3) is 0.0833. The molecule has 5 heteroatoms. The first-order valence-corrected chi connectivity index (χ1v) is 5.06. The normalized spacial score (nSPS) is 9.94. The Bertz CT molecular complexity index is 536. The van der Waals surface area contributed by atoms with Crippen molar-refractivity contribution in [1.29, 1.82) is 5.41 Å². The van der Waals surface area contributed by atoms with Crippen molar-refractivity contribution in [3.63, 3.8) is 0 Å². The smallest absolute Gasteiger partial charge is 0.156 e. The van der Waals surface area contributed by atoms with Crippen molar-refractivity contribution in [1.82, 2.24) is 9.97 Å². The van der Waals surface area contributed by atoms with Gasteiger partial charge in [0.25, 0.3) is 0 Å². The number of hydrogen-bond acceptors (Lipinski definition) is 4. The van der Waals surface area contributed by atoms with Gasteiger partial charge in [0.05, 0.1) is 18.0 Å². The van der Waals surface area contributed by atoms with Gasteiger partial charge in [0.1, 0.15) is 11.6 Å². The second-order valence-electron chi connectivity index (χ2n) is 3.52. The quantitative estimate of drug-likeness (QED) is 0.620. The topological polar surface area (TPSA) is 84.9 Å². The average molecular weight is 228 g/mol. The van der Waals surface area contributed by atoms with E-state index in [2.05, 4.69) is 9.97 Å². The number of nitrogens with one attached hydrogen (secondary N) is 1. The van der Waals surface area contributed by atoms with Gasteiger partial charge in [-0.3, -0.25) is 15.4 Å². The molecule has 2 rings (SSSR count). The summed E-state index contributed by atoms with van der Waals surface area (Å²) in [6.45, 7) is 1.90. The molecule has 0 amide bonds. The van der Waals surface area contributed by atoms with E-state index in [9.17, 15) is 0 Å². The Kier molecular flexibility index (Phi) is 3.00. The fourth-order valence-corrected chi connectivity index (χ4v) is 1.33. The number of nitrogens with two attached hydrogens (primary N) is 1. The predicted molar refractivity (Wildman–Crippen MR) is 64.3 cm³/mol. The monoisotopic (exact) mass is 228 g/mol. The van der Waals surface area contributed by atoms with Crippen LogP contribution in [0.25, 0.3) is 0 Å². The molecule has 2 aromatic rings. The molecule has 0 saturated carbocycles. The van der Waals surface area contributed by atoms with Crippen molar-refractivity contribution >= 4 is 5.84 Å². The highest BCUT2D eigenvalue weighted by Crippen LogP contribution is 2.23. The molecule has 0 spiro atoms. The number of aryl methyl sites for hydroxylation is 1. The Hall–Kier alpha value is -2.43. The first kappa shape index (κ1) is 11.1. The number of hydrogen-bond donors (Lipinski definition) is 2. The molecule has 0 fully saturated rings. The summed E-state index contributed by atoms with van der Waals surface area (Å²) in [6.07, 6.45) is 4.71. The third kappa shape index (κ3) is 2.57. The average Bonchev–Trinajstić information content (AvgIpc) is 2.32. The summed E-state index contributed by atoms with van der Waals surface area (Å²) >= 11 is 0. The van der Waals surface area contributed by atoms with Crippen molar-refractivity contribution in [2.24, 2.45) is 5.73 Å². The SMILES string of the molecule is Cc1ccc(Oc2cnccc2C(=N)N)cn1. The molecule has 86 valence electrons. The van der Waals surface area contributed by atoms with E-state index in [1.807, 2.05) is 13.0 Å². The van der Waals surface area contributed by atoms with E-state index >= 15 is 0 Å². The number of aromatic nitrogens is 2. The van der Waals surface area contributed by atoms with Crippen LogP contribution in [0.2, 0.25) is 0 Å². The molecule has 0 aliphatic rings. The molecular formula is C12H12N4O. The molecule has 0 aliphatic heterocycles. The fourth-order valence-electron chi connectivity index (χ4n) is 1.33. The number of ether oxygens (including phenoxy) is 1. The lowest BCUT2D eigenvalue weighted by atomic mass is 10.2. The van der Waals surface area contributed by atoms with E-state index in [0.717, 1.165) is 5.69 Å². The van der Waals surface area contributed by atoms with Gasteiger partial charge in [0.2, 0.25) is 0 Å². The number of pyridine rings is 2. The molecular weight excluding hydrogens is 216 g/mol. The van der Waals surface area contributed by atoms with Gasteiger partial charge >= 0.3 is 0 Å². The molecule has 2 heterocycles. The van der Waals surface area contributed by atoms with Crippen molar-refractivity contribution in [3.8, 4) is 11.5 Å². The summed E-state index contributed by atoms with van der Waals surface area (Å²) in [5, 5.41) is 7.43. The summed E-state index contributed by atoms with van der Waals surface area (Å²) in [4.78, 5) is 8.06. The number of rotatable bonds is 3. The zero-order valence-electron chi connectivity index (χ0n) is 9.34. The van der Waals surface area contributed by atoms with Crippen LogP contribution in [0, 0.1) is 12.3 Å². The van der Waals surface area contributed by atoms with Gasteiger partial charge in [-0.25, -0.2) is 0 Å². The number of amidine groups is 1. The third-order valence-corrected chi connectivity index (χ3v) is 2.19. The van der Waals surface area contributed by atoms with Crippen LogP contribution in [-0.4, -0.2) is 15.8 Å². The molecule has 17 heavy (non-hydrogen) atoms. The molecule has 0 aliphatic carbocycles. The van der Waals surface area contributed by atoms with Gasteiger partial charge in [-0.1, -0.05) is 0 Å². The first-order chi connectivity index (χ1) is 8.16. The van der Waals surface area contributed by atoms with Crippen molar-refractivity contribution < 1.29 is 4.74 Å². The van der Waals surface area contributed by atoms with E-state index in [1.54, 1.807) is 24.5 Å². The molecule has 2 aromatic heterocycles. The zero-order chi connectivity index (χ0) is 12.3. The van der Waals surface area contributed by atoms with Crippen LogP contribution >= 0.6 is 0 Å². The molecule has 0 saturated heterocycles. The summed E-state index contributed by atoms with van der Waals surface area (Å²) < 4.78 is 5.58. The molecule has 3 N–H and O–H groups in total. The van der Waals surface area contributed by atoms with Crippen LogP contribution in [-0.2, 0) is 0 Å². The number of nitrogen functional groups attached to an aromatic ring is 1. The van der Waals surface area contributed by atoms with Crippen molar-refractivity contribution in [3.05, 3.63) is 48.0 Å². The first-order valence-electron chi connectivity index (χ1n) is 5.06. The minimum atomic E-state index is -0.0533. The Labute approximate surface area is 98.8 Å². The van der Waals surface area contributed by atoms with E-state index in [-0.39, 0.29) is 5.84 Å². The van der Waals surface area contributed by atoms with Crippen molar-refractivity contribution in [2.45, 2.75) is 6.92 Å². The minimum absolute atomic E-state index is 0.0533. The number of nitrogens with zero attached hydrogens (tertiary/aromatic N) is 2. The lowest BCUT2D eigenvalue weighted by molar-refractivity contribution is 0.476. The second kappa shape index (κ2) is 4.61. The van der Waals surface area contributed by atoms with Gasteiger partial charge < -0.3 is 10.5 Å². The molecule has 0 unspecified atom stereocenters. The summed E-state index contributed by atoms with van der Waals surface area (Å²) in [5.41, 5.74) is 6.88. The van der Waals surface area contributed by atoms with Crippen LogP contribution in [0.5, 0.6) is 11.5 Å². The van der Waals surface area contributed by atoms with E-state index in [0.29, 0.717) is 17.1 Å². The summed E-state index contributed by atoms with van der Waals surface area (Å²) in [6, 6.07) is 5.29. The largest absolute Gasteiger partial charge is 0.453 e. The zero-order valence-corrected chi connectivity index (χ0v) is 9.34. The lowest BCUT2D eigenvalue weighted by Crippen LogP contribution is -2.12. The molecule has 5 nitrogen and oxygen atoms in total.